The van der Waals surface area contributed by atoms with Gasteiger partial charge < -0.3 is 19.0 Å². The molecule has 3 aromatic rings. The molecule has 1 saturated heterocycles. The number of H-pyrrole nitrogens is 1. The van der Waals surface area contributed by atoms with Crippen molar-refractivity contribution in [2.75, 3.05) is 13.2 Å². The van der Waals surface area contributed by atoms with Crippen molar-refractivity contribution in [3.63, 3.8) is 0 Å². The number of hydrogen-bond donors (Lipinski definition) is 2. The third kappa shape index (κ3) is 3.33. The van der Waals surface area contributed by atoms with E-state index in [0.29, 0.717) is 29.4 Å². The molecule has 0 amide bonds. The van der Waals surface area contributed by atoms with E-state index in [9.17, 15) is 9.00 Å². The highest BCUT2D eigenvalue weighted by Crippen LogP contribution is 2.40. The van der Waals surface area contributed by atoms with Crippen molar-refractivity contribution in [3.8, 4) is 16.9 Å². The molecule has 158 valence electrons. The Morgan fingerprint density at radius 3 is 2.67 bits per heavy atom. The molecule has 1 unspecified atom stereocenters. The molecule has 1 atom stereocenters. The van der Waals surface area contributed by atoms with Gasteiger partial charge in [-0.15, -0.1) is 0 Å². The second-order valence-corrected chi connectivity index (χ2v) is 10.5. The fraction of sp³-hybridized carbons (Fsp3) is 0.409. The van der Waals surface area contributed by atoms with E-state index in [1.807, 2.05) is 18.2 Å². The highest BCUT2D eigenvalue weighted by atomic mass is 32.2. The average molecular weight is 428 g/mol. The van der Waals surface area contributed by atoms with Crippen molar-refractivity contribution in [2.45, 2.75) is 41.9 Å². The molecule has 1 aromatic carbocycles. The fourth-order valence-corrected chi connectivity index (χ4v) is 5.81. The second kappa shape index (κ2) is 7.28. The Balaban J connectivity index is 1.68. The minimum Gasteiger partial charge on any atom is -0.490 e. The third-order valence-electron chi connectivity index (χ3n) is 5.94. The average Bonchev–Trinajstić information content (AvgIpc) is 3.50. The molecule has 2 fully saturated rings. The molecule has 1 aliphatic heterocycles. The molecule has 2 aliphatic rings. The van der Waals surface area contributed by atoms with Crippen molar-refractivity contribution in [1.82, 2.24) is 9.55 Å². The van der Waals surface area contributed by atoms with Gasteiger partial charge in [-0.2, -0.15) is 0 Å². The van der Waals surface area contributed by atoms with E-state index in [-0.39, 0.29) is 16.9 Å². The topological polar surface area (TPSA) is 97.2 Å². The Morgan fingerprint density at radius 2 is 1.93 bits per heavy atom. The minimum absolute atomic E-state index is 0.0430. The molecule has 30 heavy (non-hydrogen) atoms. The molecule has 2 N–H and O–H groups in total. The molecule has 0 radical (unpaired) electrons. The third-order valence-corrected chi connectivity index (χ3v) is 8.31. The van der Waals surface area contributed by atoms with Gasteiger partial charge in [0, 0.05) is 58.9 Å². The molecule has 8 heteroatoms. The largest absolute Gasteiger partial charge is 0.490 e. The number of aryl methyl sites for hydroxylation is 1. The minimum atomic E-state index is -2.86. The molecule has 1 saturated carbocycles. The van der Waals surface area contributed by atoms with Crippen LogP contribution >= 0.6 is 0 Å². The summed E-state index contributed by atoms with van der Waals surface area (Å²) in [4.78, 5) is 16.1. The summed E-state index contributed by atoms with van der Waals surface area (Å²) in [5.41, 5.74) is 2.00. The predicted octanol–water partition coefficient (Wildman–Crippen LogP) is 3.66. The van der Waals surface area contributed by atoms with Crippen molar-refractivity contribution < 1.29 is 13.7 Å². The molecular formula is C22H25N3O4S. The molecule has 0 bridgehead atoms. The SMILES string of the molecule is Cn1cc(-c2cc(S(=N)(=O)C3CC3)ccc2OC2CCOCC2)c2cc[nH]c2c1=O. The van der Waals surface area contributed by atoms with E-state index in [4.69, 9.17) is 14.3 Å². The first kappa shape index (κ1) is 19.4. The van der Waals surface area contributed by atoms with Gasteiger partial charge >= 0.3 is 0 Å². The molecule has 3 heterocycles. The lowest BCUT2D eigenvalue weighted by Crippen LogP contribution is -2.26. The number of nitrogens with one attached hydrogen (secondary N) is 2. The van der Waals surface area contributed by atoms with Crippen LogP contribution in [0.3, 0.4) is 0 Å². The summed E-state index contributed by atoms with van der Waals surface area (Å²) in [6.45, 7) is 1.34. The number of benzene rings is 1. The Bertz CT molecular complexity index is 1270. The fourth-order valence-electron chi connectivity index (χ4n) is 4.06. The first-order valence-electron chi connectivity index (χ1n) is 10.3. The van der Waals surface area contributed by atoms with Gasteiger partial charge in [0.25, 0.3) is 5.56 Å². The molecule has 7 nitrogen and oxygen atoms in total. The van der Waals surface area contributed by atoms with Crippen molar-refractivity contribution in [3.05, 3.63) is 47.0 Å². The molecular weight excluding hydrogens is 402 g/mol. The molecule has 0 spiro atoms. The number of aromatic nitrogens is 2. The highest BCUT2D eigenvalue weighted by Gasteiger charge is 2.34. The van der Waals surface area contributed by atoms with Gasteiger partial charge in [-0.25, -0.2) is 8.99 Å². The maximum atomic E-state index is 13.1. The monoisotopic (exact) mass is 427 g/mol. The number of rotatable bonds is 5. The summed E-state index contributed by atoms with van der Waals surface area (Å²) in [7, 11) is -1.14. The zero-order valence-electron chi connectivity index (χ0n) is 16.8. The maximum absolute atomic E-state index is 13.1. The summed E-state index contributed by atoms with van der Waals surface area (Å²) >= 11 is 0. The summed E-state index contributed by atoms with van der Waals surface area (Å²) in [6.07, 6.45) is 6.87. The van der Waals surface area contributed by atoms with Gasteiger partial charge in [-0.1, -0.05) is 0 Å². The van der Waals surface area contributed by atoms with E-state index in [1.54, 1.807) is 25.5 Å². The molecule has 2 aromatic heterocycles. The van der Waals surface area contributed by atoms with E-state index in [1.165, 1.54) is 4.57 Å². The predicted molar refractivity (Wildman–Crippen MR) is 116 cm³/mol. The summed E-state index contributed by atoms with van der Waals surface area (Å²) in [5, 5.41) is 0.718. The zero-order chi connectivity index (χ0) is 20.9. The van der Waals surface area contributed by atoms with Crippen molar-refractivity contribution >= 4 is 20.6 Å². The number of hydrogen-bond acceptors (Lipinski definition) is 5. The van der Waals surface area contributed by atoms with Gasteiger partial charge in [-0.05, 0) is 37.1 Å². The van der Waals surface area contributed by atoms with Crippen LogP contribution in [0.4, 0.5) is 0 Å². The van der Waals surface area contributed by atoms with E-state index < -0.39 is 9.73 Å². The van der Waals surface area contributed by atoms with E-state index in [0.717, 1.165) is 42.2 Å². The lowest BCUT2D eigenvalue weighted by atomic mass is 10.0. The van der Waals surface area contributed by atoms with E-state index >= 15 is 0 Å². The number of pyridine rings is 1. The van der Waals surface area contributed by atoms with Crippen LogP contribution < -0.4 is 10.3 Å². The number of nitrogens with zero attached hydrogens (tertiary/aromatic N) is 1. The van der Waals surface area contributed by atoms with Gasteiger partial charge in [-0.3, -0.25) is 4.79 Å². The summed E-state index contributed by atoms with van der Waals surface area (Å²) in [5.74, 6) is 0.679. The first-order valence-corrected chi connectivity index (χ1v) is 11.9. The van der Waals surface area contributed by atoms with Gasteiger partial charge in [0.15, 0.2) is 0 Å². The van der Waals surface area contributed by atoms with Gasteiger partial charge in [0.1, 0.15) is 17.4 Å². The maximum Gasteiger partial charge on any atom is 0.274 e. The Morgan fingerprint density at radius 1 is 1.17 bits per heavy atom. The number of ether oxygens (including phenoxy) is 2. The number of fused-ring (bicyclic) bond motifs is 1. The normalized spacial score (nSPS) is 19.6. The lowest BCUT2D eigenvalue weighted by Gasteiger charge is -2.25. The highest BCUT2D eigenvalue weighted by molar-refractivity contribution is 7.93. The first-order chi connectivity index (χ1) is 14.4. The Labute approximate surface area is 175 Å². The van der Waals surface area contributed by atoms with Crippen LogP contribution in [0.1, 0.15) is 25.7 Å². The van der Waals surface area contributed by atoms with Crippen LogP contribution in [0.5, 0.6) is 5.75 Å². The Hall–Kier alpha value is -2.58. The summed E-state index contributed by atoms with van der Waals surface area (Å²) < 4.78 is 34.9. The van der Waals surface area contributed by atoms with Gasteiger partial charge in [0.2, 0.25) is 0 Å². The Kier molecular flexibility index (Phi) is 4.71. The van der Waals surface area contributed by atoms with Gasteiger partial charge in [0.05, 0.1) is 22.9 Å². The van der Waals surface area contributed by atoms with Crippen molar-refractivity contribution in [2.24, 2.45) is 7.05 Å². The molecule has 5 rings (SSSR count). The van der Waals surface area contributed by atoms with Crippen LogP contribution in [0.2, 0.25) is 0 Å². The number of aromatic amines is 1. The van der Waals surface area contributed by atoms with Crippen LogP contribution in [-0.2, 0) is 21.5 Å². The van der Waals surface area contributed by atoms with Crippen LogP contribution in [0.25, 0.3) is 22.0 Å². The second-order valence-electron chi connectivity index (χ2n) is 8.11. The lowest BCUT2D eigenvalue weighted by molar-refractivity contribution is 0.0258. The van der Waals surface area contributed by atoms with Crippen LogP contribution in [-0.4, -0.2) is 38.3 Å². The van der Waals surface area contributed by atoms with Crippen LogP contribution in [0, 0.1) is 4.78 Å². The zero-order valence-corrected chi connectivity index (χ0v) is 17.7. The van der Waals surface area contributed by atoms with Crippen molar-refractivity contribution in [1.29, 1.82) is 4.78 Å². The molecule has 1 aliphatic carbocycles. The smallest absolute Gasteiger partial charge is 0.274 e. The summed E-state index contributed by atoms with van der Waals surface area (Å²) in [6, 6.07) is 7.30. The standard InChI is InChI=1S/C22H25N3O4S/c1-25-13-19(17-6-9-24-21(17)22(25)26)18-12-16(30(23,27)15-2-3-15)4-5-20(18)29-14-7-10-28-11-8-14/h4-6,9,12-15,23-24H,2-3,7-8,10-11H2,1H3. The quantitative estimate of drug-likeness (QED) is 0.649. The van der Waals surface area contributed by atoms with Crippen LogP contribution in [0.15, 0.2) is 46.3 Å². The van der Waals surface area contributed by atoms with E-state index in [2.05, 4.69) is 4.98 Å².